The average Bonchev–Trinajstić information content (AvgIpc) is 1.87. The van der Waals surface area contributed by atoms with Crippen molar-refractivity contribution in [3.8, 4) is 0 Å². The van der Waals surface area contributed by atoms with Crippen molar-refractivity contribution in [2.45, 2.75) is 26.2 Å². The molecule has 0 aliphatic heterocycles. The molecule has 0 saturated carbocycles. The van der Waals surface area contributed by atoms with Crippen molar-refractivity contribution in [3.63, 3.8) is 0 Å². The second-order valence-electron chi connectivity index (χ2n) is 1.87. The van der Waals surface area contributed by atoms with Gasteiger partial charge in [0.15, 0.2) is 0 Å². The molecule has 58 valence electrons. The Morgan fingerprint density at radius 1 is 1.70 bits per heavy atom. The predicted molar refractivity (Wildman–Crippen MR) is 44.1 cm³/mol. The van der Waals surface area contributed by atoms with Crippen LogP contribution in [-0.2, 0) is 4.74 Å². The summed E-state index contributed by atoms with van der Waals surface area (Å²) >= 11 is 2.63. The summed E-state index contributed by atoms with van der Waals surface area (Å²) in [7, 11) is 0. The topological polar surface area (TPSA) is 26.3 Å². The monoisotopic (exact) mass is 206 g/mol. The van der Waals surface area contributed by atoms with Crippen LogP contribution in [0.15, 0.2) is 12.3 Å². The summed E-state index contributed by atoms with van der Waals surface area (Å²) in [5, 5.41) is 0. The highest BCUT2D eigenvalue weighted by atomic mass is 79.9. The molecule has 0 aliphatic rings. The van der Waals surface area contributed by atoms with E-state index in [4.69, 9.17) is 0 Å². The number of halogens is 1. The van der Waals surface area contributed by atoms with Crippen molar-refractivity contribution in [2.24, 2.45) is 0 Å². The standard InChI is InChI=1S/C7H11BrO2/c1-2-3-4-5-6-10-7(8)9/h5-6H,2-4H2,1H3. The number of carbonyl (C=O) groups is 1. The SMILES string of the molecule is CCCCC=COC(=O)Br. The van der Waals surface area contributed by atoms with Crippen molar-refractivity contribution in [1.29, 1.82) is 0 Å². The first-order valence-electron chi connectivity index (χ1n) is 3.28. The van der Waals surface area contributed by atoms with E-state index in [0.29, 0.717) is 0 Å². The number of ether oxygens (including phenoxy) is 1. The molecule has 0 heterocycles. The molecular formula is C7H11BrO2. The van der Waals surface area contributed by atoms with Gasteiger partial charge >= 0.3 is 4.88 Å². The maximum absolute atomic E-state index is 10.1. The van der Waals surface area contributed by atoms with Crippen molar-refractivity contribution in [3.05, 3.63) is 12.3 Å². The molecule has 0 aromatic rings. The van der Waals surface area contributed by atoms with Gasteiger partial charge in [-0.2, -0.15) is 0 Å². The maximum atomic E-state index is 10.1. The van der Waals surface area contributed by atoms with Crippen LogP contribution in [-0.4, -0.2) is 4.88 Å². The van der Waals surface area contributed by atoms with E-state index in [0.717, 1.165) is 19.3 Å². The molecule has 0 radical (unpaired) electrons. The quantitative estimate of drug-likeness (QED) is 0.402. The summed E-state index contributed by atoms with van der Waals surface area (Å²) in [5.41, 5.74) is 0. The molecule has 0 atom stereocenters. The molecule has 0 unspecified atom stereocenters. The van der Waals surface area contributed by atoms with Crippen molar-refractivity contribution >= 4 is 20.8 Å². The largest absolute Gasteiger partial charge is 0.426 e. The second kappa shape index (κ2) is 6.81. The summed E-state index contributed by atoms with van der Waals surface area (Å²) in [4.78, 5) is 9.68. The Morgan fingerprint density at radius 3 is 2.90 bits per heavy atom. The zero-order valence-electron chi connectivity index (χ0n) is 5.97. The fourth-order valence-electron chi connectivity index (χ4n) is 0.492. The summed E-state index contributed by atoms with van der Waals surface area (Å²) in [6.07, 6.45) is 6.51. The van der Waals surface area contributed by atoms with Crippen LogP contribution in [0.25, 0.3) is 0 Å². The minimum absolute atomic E-state index is 0.444. The van der Waals surface area contributed by atoms with Gasteiger partial charge in [-0.25, -0.2) is 4.79 Å². The van der Waals surface area contributed by atoms with E-state index in [1.807, 2.05) is 6.08 Å². The van der Waals surface area contributed by atoms with Gasteiger partial charge in [-0.15, -0.1) is 0 Å². The third-order valence-corrected chi connectivity index (χ3v) is 1.17. The molecule has 0 aliphatic carbocycles. The van der Waals surface area contributed by atoms with Crippen molar-refractivity contribution in [1.82, 2.24) is 0 Å². The Balaban J connectivity index is 3.12. The van der Waals surface area contributed by atoms with E-state index in [9.17, 15) is 4.79 Å². The number of carbonyl (C=O) groups excluding carboxylic acids is 1. The molecular weight excluding hydrogens is 196 g/mol. The van der Waals surface area contributed by atoms with Gasteiger partial charge < -0.3 is 4.74 Å². The van der Waals surface area contributed by atoms with Crippen LogP contribution in [0, 0.1) is 0 Å². The number of hydrogen-bond donors (Lipinski definition) is 0. The van der Waals surface area contributed by atoms with E-state index >= 15 is 0 Å². The summed E-state index contributed by atoms with van der Waals surface area (Å²) in [5.74, 6) is 0. The smallest absolute Gasteiger partial charge is 0.379 e. The molecule has 3 heteroatoms. The molecule has 0 aromatic carbocycles. The maximum Gasteiger partial charge on any atom is 0.379 e. The Morgan fingerprint density at radius 2 is 2.40 bits per heavy atom. The van der Waals surface area contributed by atoms with Crippen LogP contribution >= 0.6 is 15.9 Å². The fourth-order valence-corrected chi connectivity index (χ4v) is 0.600. The zero-order chi connectivity index (χ0) is 7.82. The van der Waals surface area contributed by atoms with Gasteiger partial charge in [0, 0.05) is 15.9 Å². The first-order valence-corrected chi connectivity index (χ1v) is 4.07. The number of unbranched alkanes of at least 4 members (excludes halogenated alkanes) is 2. The summed E-state index contributed by atoms with van der Waals surface area (Å²) < 4.78 is 4.49. The van der Waals surface area contributed by atoms with Gasteiger partial charge in [0.1, 0.15) is 0 Å². The lowest BCUT2D eigenvalue weighted by Gasteiger charge is -1.89. The number of allylic oxidation sites excluding steroid dienone is 1. The molecule has 0 fully saturated rings. The Kier molecular flexibility index (Phi) is 6.59. The molecule has 0 saturated heterocycles. The van der Waals surface area contributed by atoms with Crippen molar-refractivity contribution < 1.29 is 9.53 Å². The third kappa shape index (κ3) is 7.69. The van der Waals surface area contributed by atoms with Gasteiger partial charge in [-0.3, -0.25) is 0 Å². The van der Waals surface area contributed by atoms with E-state index in [2.05, 4.69) is 27.6 Å². The van der Waals surface area contributed by atoms with Gasteiger partial charge in [0.2, 0.25) is 0 Å². The van der Waals surface area contributed by atoms with Crippen LogP contribution in [0.5, 0.6) is 0 Å². The zero-order valence-corrected chi connectivity index (χ0v) is 7.56. The molecule has 10 heavy (non-hydrogen) atoms. The molecule has 0 rings (SSSR count). The summed E-state index contributed by atoms with van der Waals surface area (Å²) in [6, 6.07) is 0. The lowest BCUT2D eigenvalue weighted by molar-refractivity contribution is 0.215. The highest BCUT2D eigenvalue weighted by Gasteiger charge is 1.86. The van der Waals surface area contributed by atoms with Gasteiger partial charge in [0.05, 0.1) is 6.26 Å². The average molecular weight is 207 g/mol. The van der Waals surface area contributed by atoms with E-state index in [1.165, 1.54) is 6.26 Å². The minimum atomic E-state index is -0.444. The van der Waals surface area contributed by atoms with Crippen LogP contribution < -0.4 is 0 Å². The van der Waals surface area contributed by atoms with Crippen LogP contribution in [0.1, 0.15) is 26.2 Å². The van der Waals surface area contributed by atoms with Crippen LogP contribution in [0.3, 0.4) is 0 Å². The Bertz CT molecular complexity index is 121. The van der Waals surface area contributed by atoms with E-state index in [-0.39, 0.29) is 0 Å². The lowest BCUT2D eigenvalue weighted by Crippen LogP contribution is -1.81. The summed E-state index contributed by atoms with van der Waals surface area (Å²) in [6.45, 7) is 2.12. The molecule has 0 N–H and O–H groups in total. The van der Waals surface area contributed by atoms with Gasteiger partial charge in [0.25, 0.3) is 0 Å². The van der Waals surface area contributed by atoms with Crippen LogP contribution in [0.2, 0.25) is 0 Å². The van der Waals surface area contributed by atoms with Gasteiger partial charge in [-0.05, 0) is 18.9 Å². The predicted octanol–water partition coefficient (Wildman–Crippen LogP) is 3.22. The van der Waals surface area contributed by atoms with Crippen molar-refractivity contribution in [2.75, 3.05) is 0 Å². The fraction of sp³-hybridized carbons (Fsp3) is 0.571. The number of hydrogen-bond acceptors (Lipinski definition) is 2. The third-order valence-electron chi connectivity index (χ3n) is 0.981. The minimum Gasteiger partial charge on any atom is -0.426 e. The highest BCUT2D eigenvalue weighted by molar-refractivity contribution is 9.18. The number of rotatable bonds is 4. The van der Waals surface area contributed by atoms with E-state index in [1.54, 1.807) is 0 Å². The molecule has 0 aromatic heterocycles. The molecule has 0 amide bonds. The molecule has 0 spiro atoms. The van der Waals surface area contributed by atoms with Crippen LogP contribution in [0.4, 0.5) is 4.79 Å². The highest BCUT2D eigenvalue weighted by Crippen LogP contribution is 1.96. The first-order chi connectivity index (χ1) is 4.77. The lowest BCUT2D eigenvalue weighted by atomic mass is 10.2. The second-order valence-corrected chi connectivity index (χ2v) is 2.52. The van der Waals surface area contributed by atoms with E-state index < -0.39 is 4.88 Å². The first kappa shape index (κ1) is 9.69. The Labute approximate surface area is 69.4 Å². The molecule has 2 nitrogen and oxygen atoms in total. The normalized spacial score (nSPS) is 10.2. The Hall–Kier alpha value is -0.310. The molecule has 0 bridgehead atoms. The van der Waals surface area contributed by atoms with Gasteiger partial charge in [-0.1, -0.05) is 13.3 Å².